The molecule has 0 fully saturated rings. The molecule has 154 valence electrons. The Morgan fingerprint density at radius 2 is 1.69 bits per heavy atom. The molecule has 3 heterocycles. The molecular formula is C25H15FN4OS. The molecule has 7 heteroatoms. The van der Waals surface area contributed by atoms with Crippen LogP contribution < -0.4 is 10.1 Å². The van der Waals surface area contributed by atoms with Crippen molar-refractivity contribution in [3.8, 4) is 11.3 Å². The summed E-state index contributed by atoms with van der Waals surface area (Å²) in [5.74, 6) is -0.310. The van der Waals surface area contributed by atoms with Gasteiger partial charge in [-0.3, -0.25) is 9.89 Å². The summed E-state index contributed by atoms with van der Waals surface area (Å²) in [5.41, 5.74) is 5.39. The predicted molar refractivity (Wildman–Crippen MR) is 124 cm³/mol. The van der Waals surface area contributed by atoms with Gasteiger partial charge in [-0.15, -0.1) is 0 Å². The van der Waals surface area contributed by atoms with Gasteiger partial charge in [-0.05, 0) is 42.0 Å². The van der Waals surface area contributed by atoms with Crippen LogP contribution in [-0.4, -0.2) is 19.6 Å². The number of fused-ring (bicyclic) bond motifs is 3. The van der Waals surface area contributed by atoms with Gasteiger partial charge in [0, 0.05) is 16.7 Å². The van der Waals surface area contributed by atoms with E-state index in [1.54, 1.807) is 22.7 Å². The molecule has 0 aliphatic carbocycles. The van der Waals surface area contributed by atoms with E-state index in [2.05, 4.69) is 15.2 Å². The van der Waals surface area contributed by atoms with E-state index in [0.717, 1.165) is 39.0 Å². The van der Waals surface area contributed by atoms with Crippen LogP contribution in [0.4, 0.5) is 4.39 Å². The molecule has 6 rings (SSSR count). The molecule has 0 amide bonds. The highest BCUT2D eigenvalue weighted by Crippen LogP contribution is 2.30. The molecule has 0 unspecified atom stereocenters. The Bertz CT molecular complexity index is 1700. The summed E-state index contributed by atoms with van der Waals surface area (Å²) in [6, 6.07) is 23.6. The average molecular weight is 438 g/mol. The maximum Gasteiger partial charge on any atom is 0.275 e. The fourth-order valence-electron chi connectivity index (χ4n) is 3.99. The first-order valence-corrected chi connectivity index (χ1v) is 10.8. The molecule has 0 radical (unpaired) electrons. The van der Waals surface area contributed by atoms with E-state index in [-0.39, 0.29) is 11.4 Å². The molecule has 0 aliphatic heterocycles. The van der Waals surface area contributed by atoms with Gasteiger partial charge in [-0.1, -0.05) is 53.8 Å². The Morgan fingerprint density at radius 3 is 2.50 bits per heavy atom. The van der Waals surface area contributed by atoms with Crippen molar-refractivity contribution in [1.82, 2.24) is 19.6 Å². The zero-order valence-electron chi connectivity index (χ0n) is 16.6. The highest BCUT2D eigenvalue weighted by atomic mass is 32.1. The lowest BCUT2D eigenvalue weighted by atomic mass is 9.96. The van der Waals surface area contributed by atoms with Gasteiger partial charge in [-0.25, -0.2) is 13.8 Å². The maximum atomic E-state index is 13.6. The summed E-state index contributed by atoms with van der Waals surface area (Å²) in [6.45, 7) is 0. The topological polar surface area (TPSA) is 63.0 Å². The third-order valence-electron chi connectivity index (χ3n) is 5.45. The highest BCUT2D eigenvalue weighted by Gasteiger charge is 2.19. The van der Waals surface area contributed by atoms with E-state index in [9.17, 15) is 9.18 Å². The highest BCUT2D eigenvalue weighted by molar-refractivity contribution is 7.15. The van der Waals surface area contributed by atoms with E-state index in [0.29, 0.717) is 9.49 Å². The fourth-order valence-corrected chi connectivity index (χ4v) is 5.10. The van der Waals surface area contributed by atoms with Crippen molar-refractivity contribution in [1.29, 1.82) is 0 Å². The Labute approximate surface area is 185 Å². The van der Waals surface area contributed by atoms with Crippen LogP contribution in [0.2, 0.25) is 0 Å². The summed E-state index contributed by atoms with van der Waals surface area (Å²) < 4.78 is 15.7. The van der Waals surface area contributed by atoms with Crippen LogP contribution >= 0.6 is 11.3 Å². The van der Waals surface area contributed by atoms with Crippen molar-refractivity contribution in [2.75, 3.05) is 0 Å². The predicted octanol–water partition coefficient (Wildman–Crippen LogP) is 4.40. The zero-order valence-corrected chi connectivity index (χ0v) is 17.4. The minimum Gasteiger partial charge on any atom is -0.277 e. The van der Waals surface area contributed by atoms with Crippen molar-refractivity contribution < 1.29 is 4.39 Å². The molecule has 3 aromatic heterocycles. The summed E-state index contributed by atoms with van der Waals surface area (Å²) in [6.07, 6.45) is 1.71. The Kier molecular flexibility index (Phi) is 4.22. The molecule has 5 nitrogen and oxygen atoms in total. The zero-order chi connectivity index (χ0) is 21.7. The summed E-state index contributed by atoms with van der Waals surface area (Å²) in [7, 11) is 0. The van der Waals surface area contributed by atoms with E-state index >= 15 is 0 Å². The van der Waals surface area contributed by atoms with Crippen molar-refractivity contribution in [2.45, 2.75) is 0 Å². The third-order valence-corrected chi connectivity index (χ3v) is 6.49. The van der Waals surface area contributed by atoms with Crippen molar-refractivity contribution >= 4 is 32.9 Å². The number of imidazole rings is 1. The summed E-state index contributed by atoms with van der Waals surface area (Å²) >= 11 is 1.36. The van der Waals surface area contributed by atoms with Gasteiger partial charge >= 0.3 is 0 Å². The molecule has 6 aromatic rings. The minimum atomic E-state index is -0.310. The van der Waals surface area contributed by atoms with Gasteiger partial charge in [-0.2, -0.15) is 5.10 Å². The molecule has 32 heavy (non-hydrogen) atoms. The monoisotopic (exact) mass is 438 g/mol. The van der Waals surface area contributed by atoms with E-state index < -0.39 is 0 Å². The number of H-pyrrole nitrogens is 1. The van der Waals surface area contributed by atoms with Gasteiger partial charge < -0.3 is 0 Å². The Hall–Kier alpha value is -4.10. The largest absolute Gasteiger partial charge is 0.277 e. The molecule has 0 aliphatic rings. The smallest absolute Gasteiger partial charge is 0.275 e. The first kappa shape index (κ1) is 18.7. The lowest BCUT2D eigenvalue weighted by Crippen LogP contribution is -2.26. The second-order valence-corrected chi connectivity index (χ2v) is 8.34. The SMILES string of the molecule is O=c1c(=C(c2ccccc2)c2cn[nH]c2-c2ccc(F)cc2)sc2nc3ccccc3n12. The molecule has 3 aromatic carbocycles. The Morgan fingerprint density at radius 1 is 0.938 bits per heavy atom. The van der Waals surface area contributed by atoms with E-state index in [4.69, 9.17) is 0 Å². The van der Waals surface area contributed by atoms with Gasteiger partial charge in [0.25, 0.3) is 5.56 Å². The van der Waals surface area contributed by atoms with Crippen molar-refractivity contribution in [3.05, 3.63) is 117 Å². The number of para-hydroxylation sites is 2. The van der Waals surface area contributed by atoms with E-state index in [1.165, 1.54) is 23.5 Å². The molecule has 0 saturated carbocycles. The quantitative estimate of drug-likeness (QED) is 0.445. The van der Waals surface area contributed by atoms with Gasteiger partial charge in [0.05, 0.1) is 22.9 Å². The first-order valence-electron chi connectivity index (χ1n) is 10.00. The van der Waals surface area contributed by atoms with Crippen LogP contribution in [0.5, 0.6) is 0 Å². The average Bonchev–Trinajstić information content (AvgIpc) is 3.51. The first-order chi connectivity index (χ1) is 15.7. The lowest BCUT2D eigenvalue weighted by Gasteiger charge is -2.08. The van der Waals surface area contributed by atoms with Crippen LogP contribution in [0.25, 0.3) is 32.8 Å². The van der Waals surface area contributed by atoms with Crippen LogP contribution in [0.1, 0.15) is 11.1 Å². The summed E-state index contributed by atoms with van der Waals surface area (Å²) in [5, 5.41) is 7.28. The number of nitrogens with one attached hydrogen (secondary N) is 1. The molecule has 0 saturated heterocycles. The maximum absolute atomic E-state index is 13.6. The van der Waals surface area contributed by atoms with Crippen LogP contribution in [-0.2, 0) is 0 Å². The number of nitrogens with zero attached hydrogens (tertiary/aromatic N) is 3. The number of aromatic amines is 1. The number of thiazole rings is 1. The lowest BCUT2D eigenvalue weighted by molar-refractivity contribution is 0.628. The Balaban J connectivity index is 1.72. The van der Waals surface area contributed by atoms with E-state index in [1.807, 2.05) is 54.6 Å². The standard InChI is InChI=1S/C25H15FN4OS/c26-17-12-10-16(11-13-17)22-18(14-27-29-22)21(15-6-2-1-3-7-15)23-24(31)30-20-9-5-4-8-19(20)28-25(30)32-23/h1-14H,(H,27,29). The molecule has 1 N–H and O–H groups in total. The van der Waals surface area contributed by atoms with Crippen LogP contribution in [0.3, 0.4) is 0 Å². The summed E-state index contributed by atoms with van der Waals surface area (Å²) in [4.78, 5) is 18.9. The minimum absolute atomic E-state index is 0.121. The van der Waals surface area contributed by atoms with Crippen molar-refractivity contribution in [3.63, 3.8) is 0 Å². The van der Waals surface area contributed by atoms with Gasteiger partial charge in [0.15, 0.2) is 4.96 Å². The molecule has 0 spiro atoms. The van der Waals surface area contributed by atoms with Gasteiger partial charge in [0.2, 0.25) is 0 Å². The normalized spacial score (nSPS) is 12.5. The second-order valence-electron chi connectivity index (χ2n) is 7.36. The molecule has 0 atom stereocenters. The second kappa shape index (κ2) is 7.25. The third kappa shape index (κ3) is 2.86. The van der Waals surface area contributed by atoms with Crippen LogP contribution in [0.15, 0.2) is 89.9 Å². The van der Waals surface area contributed by atoms with Gasteiger partial charge in [0.1, 0.15) is 10.3 Å². The van der Waals surface area contributed by atoms with Crippen molar-refractivity contribution in [2.24, 2.45) is 0 Å². The number of aromatic nitrogens is 4. The molecule has 0 bridgehead atoms. The number of hydrogen-bond donors (Lipinski definition) is 1. The number of halogens is 1. The number of rotatable bonds is 3. The number of benzene rings is 3. The molecular weight excluding hydrogens is 423 g/mol. The van der Waals surface area contributed by atoms with Crippen LogP contribution in [0, 0.1) is 5.82 Å². The fraction of sp³-hybridized carbons (Fsp3) is 0. The number of hydrogen-bond acceptors (Lipinski definition) is 4.